The fourth-order valence-electron chi connectivity index (χ4n) is 5.16. The lowest BCUT2D eigenvalue weighted by atomic mass is 9.50. The summed E-state index contributed by atoms with van der Waals surface area (Å²) in [5.41, 5.74) is 5.24. The Balaban J connectivity index is 2.14. The van der Waals surface area contributed by atoms with Gasteiger partial charge in [0, 0.05) is 0 Å². The maximum atomic E-state index is 5.59. The van der Waals surface area contributed by atoms with Crippen molar-refractivity contribution < 1.29 is 4.74 Å². The average Bonchev–Trinajstić information content (AvgIpc) is 2.37. The van der Waals surface area contributed by atoms with Gasteiger partial charge in [0.25, 0.3) is 0 Å². The summed E-state index contributed by atoms with van der Waals surface area (Å²) in [6, 6.07) is 4.72. The van der Waals surface area contributed by atoms with E-state index in [2.05, 4.69) is 39.8 Å². The third-order valence-corrected chi connectivity index (χ3v) is 6.17. The number of rotatable bonds is 1. The Labute approximate surface area is 123 Å². The Morgan fingerprint density at radius 2 is 1.90 bits per heavy atom. The maximum Gasteiger partial charge on any atom is 0.122 e. The van der Waals surface area contributed by atoms with Crippen LogP contribution in [0.5, 0.6) is 5.75 Å². The topological polar surface area (TPSA) is 9.23 Å². The molecule has 1 fully saturated rings. The number of ether oxygens (including phenoxy) is 1. The van der Waals surface area contributed by atoms with E-state index in [0.717, 1.165) is 11.7 Å². The van der Waals surface area contributed by atoms with Crippen LogP contribution in [0.1, 0.15) is 63.1 Å². The van der Waals surface area contributed by atoms with Gasteiger partial charge in [0.1, 0.15) is 5.75 Å². The summed E-state index contributed by atoms with van der Waals surface area (Å²) in [4.78, 5) is 0. The molecule has 0 unspecified atom stereocenters. The molecule has 0 spiro atoms. The molecule has 3 rings (SSSR count). The molecule has 110 valence electrons. The largest absolute Gasteiger partial charge is 0.496 e. The van der Waals surface area contributed by atoms with Crippen molar-refractivity contribution in [2.75, 3.05) is 7.11 Å². The van der Waals surface area contributed by atoms with Gasteiger partial charge in [0.15, 0.2) is 0 Å². The van der Waals surface area contributed by atoms with Crippen molar-refractivity contribution in [3.05, 3.63) is 28.8 Å². The molecule has 1 aromatic carbocycles. The maximum absolute atomic E-state index is 5.59. The summed E-state index contributed by atoms with van der Waals surface area (Å²) in [5, 5.41) is 0. The number of aryl methyl sites for hydroxylation is 2. The molecule has 0 aromatic heterocycles. The van der Waals surface area contributed by atoms with Gasteiger partial charge in [0.2, 0.25) is 0 Å². The van der Waals surface area contributed by atoms with Crippen LogP contribution < -0.4 is 4.74 Å². The molecule has 0 heterocycles. The van der Waals surface area contributed by atoms with Crippen LogP contribution in [0.25, 0.3) is 0 Å². The number of methoxy groups -OCH3 is 1. The summed E-state index contributed by atoms with van der Waals surface area (Å²) >= 11 is 0. The van der Waals surface area contributed by atoms with Crippen LogP contribution >= 0.6 is 0 Å². The Morgan fingerprint density at radius 3 is 2.60 bits per heavy atom. The first kappa shape index (κ1) is 14.0. The highest BCUT2D eigenvalue weighted by Gasteiger charge is 2.49. The fraction of sp³-hybridized carbons (Fsp3) is 0.684. The van der Waals surface area contributed by atoms with E-state index in [4.69, 9.17) is 4.74 Å². The van der Waals surface area contributed by atoms with Gasteiger partial charge in [-0.25, -0.2) is 0 Å². The van der Waals surface area contributed by atoms with Crippen LogP contribution in [0.3, 0.4) is 0 Å². The first-order chi connectivity index (χ1) is 9.38. The van der Waals surface area contributed by atoms with Crippen molar-refractivity contribution in [3.63, 3.8) is 0 Å². The molecule has 1 aromatic rings. The zero-order valence-electron chi connectivity index (χ0n) is 13.7. The molecule has 0 radical (unpaired) electrons. The Bertz CT molecular complexity index is 529. The van der Waals surface area contributed by atoms with Gasteiger partial charge in [-0.3, -0.25) is 0 Å². The van der Waals surface area contributed by atoms with Crippen molar-refractivity contribution in [2.45, 2.75) is 65.2 Å². The van der Waals surface area contributed by atoms with Gasteiger partial charge in [-0.15, -0.1) is 0 Å². The van der Waals surface area contributed by atoms with Gasteiger partial charge >= 0.3 is 0 Å². The van der Waals surface area contributed by atoms with Gasteiger partial charge in [-0.05, 0) is 72.1 Å². The zero-order valence-corrected chi connectivity index (χ0v) is 13.7. The lowest BCUT2D eigenvalue weighted by molar-refractivity contribution is 0.0406. The van der Waals surface area contributed by atoms with Crippen LogP contribution in [0.15, 0.2) is 12.1 Å². The Hall–Kier alpha value is -0.980. The molecular weight excluding hydrogens is 244 g/mol. The molecule has 0 bridgehead atoms. The van der Waals surface area contributed by atoms with Crippen molar-refractivity contribution in [1.29, 1.82) is 0 Å². The number of benzene rings is 1. The number of hydrogen-bond donors (Lipinski definition) is 0. The molecule has 0 N–H and O–H groups in total. The highest BCUT2D eigenvalue weighted by atomic mass is 16.5. The molecule has 1 nitrogen and oxygen atoms in total. The van der Waals surface area contributed by atoms with Crippen LogP contribution in [-0.4, -0.2) is 7.11 Å². The summed E-state index contributed by atoms with van der Waals surface area (Å²) in [7, 11) is 1.79. The van der Waals surface area contributed by atoms with E-state index >= 15 is 0 Å². The fourth-order valence-corrected chi connectivity index (χ4v) is 5.16. The first-order valence-electron chi connectivity index (χ1n) is 8.06. The minimum Gasteiger partial charge on any atom is -0.496 e. The van der Waals surface area contributed by atoms with Crippen LogP contribution in [0, 0.1) is 18.3 Å². The van der Waals surface area contributed by atoms with Gasteiger partial charge in [0.05, 0.1) is 7.11 Å². The number of hydrogen-bond acceptors (Lipinski definition) is 1. The normalized spacial score (nSPS) is 31.4. The zero-order chi connectivity index (χ0) is 14.5. The molecule has 1 heteroatoms. The molecule has 2 aliphatic rings. The molecule has 0 aliphatic heterocycles. The molecular formula is C19H28O. The Morgan fingerprint density at radius 1 is 1.15 bits per heavy atom. The molecule has 20 heavy (non-hydrogen) atoms. The van der Waals surface area contributed by atoms with E-state index in [1.165, 1.54) is 37.7 Å². The van der Waals surface area contributed by atoms with E-state index in [-0.39, 0.29) is 0 Å². The molecule has 2 atom stereocenters. The van der Waals surface area contributed by atoms with E-state index in [1.807, 2.05) is 0 Å². The molecule has 0 saturated heterocycles. The third-order valence-electron chi connectivity index (χ3n) is 6.17. The standard InChI is InChI=1S/C19H28O/c1-13-11-14-7-8-17-18(2,3)9-6-10-19(17,4)15(14)12-16(13)20-5/h11-12,17H,6-10H2,1-5H3/t17-,19+/m0/s1. The minimum absolute atomic E-state index is 0.344. The number of fused-ring (bicyclic) bond motifs is 3. The third kappa shape index (κ3) is 1.89. The average molecular weight is 272 g/mol. The lowest BCUT2D eigenvalue weighted by Gasteiger charge is -2.54. The van der Waals surface area contributed by atoms with Gasteiger partial charge in [-0.2, -0.15) is 0 Å². The van der Waals surface area contributed by atoms with Crippen molar-refractivity contribution in [1.82, 2.24) is 0 Å². The second-order valence-electron chi connectivity index (χ2n) is 7.83. The summed E-state index contributed by atoms with van der Waals surface area (Å²) < 4.78 is 5.59. The van der Waals surface area contributed by atoms with Crippen molar-refractivity contribution in [2.24, 2.45) is 11.3 Å². The molecule has 2 aliphatic carbocycles. The molecule has 1 saturated carbocycles. The minimum atomic E-state index is 0.344. The van der Waals surface area contributed by atoms with Gasteiger partial charge in [-0.1, -0.05) is 33.3 Å². The predicted octanol–water partition coefficient (Wildman–Crippen LogP) is 5.03. The smallest absolute Gasteiger partial charge is 0.122 e. The van der Waals surface area contributed by atoms with Crippen LogP contribution in [-0.2, 0) is 11.8 Å². The van der Waals surface area contributed by atoms with E-state index in [1.54, 1.807) is 18.2 Å². The summed E-state index contributed by atoms with van der Waals surface area (Å²) in [6.07, 6.45) is 6.66. The summed E-state index contributed by atoms with van der Waals surface area (Å²) in [6.45, 7) is 9.63. The second-order valence-corrected chi connectivity index (χ2v) is 7.83. The van der Waals surface area contributed by atoms with Crippen LogP contribution in [0.4, 0.5) is 0 Å². The van der Waals surface area contributed by atoms with Crippen molar-refractivity contribution in [3.8, 4) is 5.75 Å². The van der Waals surface area contributed by atoms with E-state index < -0.39 is 0 Å². The Kier molecular flexibility index (Phi) is 3.15. The van der Waals surface area contributed by atoms with E-state index in [9.17, 15) is 0 Å². The lowest BCUT2D eigenvalue weighted by Crippen LogP contribution is -2.47. The van der Waals surface area contributed by atoms with Crippen molar-refractivity contribution >= 4 is 0 Å². The predicted molar refractivity (Wildman–Crippen MR) is 84.5 cm³/mol. The quantitative estimate of drug-likeness (QED) is 0.696. The molecule has 0 amide bonds. The highest BCUT2D eigenvalue weighted by Crippen LogP contribution is 2.57. The van der Waals surface area contributed by atoms with Gasteiger partial charge < -0.3 is 4.74 Å². The summed E-state index contributed by atoms with van der Waals surface area (Å²) in [5.74, 6) is 1.87. The first-order valence-corrected chi connectivity index (χ1v) is 8.06. The highest BCUT2D eigenvalue weighted by molar-refractivity contribution is 5.47. The monoisotopic (exact) mass is 272 g/mol. The SMILES string of the molecule is COc1cc2c(cc1C)CC[C@H]1C(C)(C)CCC[C@]21C. The second kappa shape index (κ2) is 4.51. The van der Waals surface area contributed by atoms with E-state index in [0.29, 0.717) is 10.8 Å². The van der Waals surface area contributed by atoms with Crippen LogP contribution in [0.2, 0.25) is 0 Å².